The van der Waals surface area contributed by atoms with Crippen LogP contribution < -0.4 is 10.6 Å². The van der Waals surface area contributed by atoms with Gasteiger partial charge in [0.1, 0.15) is 0 Å². The van der Waals surface area contributed by atoms with E-state index in [4.69, 9.17) is 9.47 Å². The van der Waals surface area contributed by atoms with Crippen molar-refractivity contribution in [2.75, 3.05) is 5.75 Å². The standard InChI is InChI=1S/C43H46N2O6S/c46-25-27-7-9-32(10-8-27)39-20-37(26-52-38-13-11-33(12-14-38)40(47)48)50-41(51-39)36-6-2-5-35(19-36)34-4-1-3-28(18-34)24-44-42(49)45-43-21-29-15-30(22-43)17-31(16-29)23-43/h1-14,18-19,29-31,37,39,41,46H,15-17,20-26H2,(H,47,48)(H2,44,45,49). The lowest BCUT2D eigenvalue weighted by Gasteiger charge is -2.56. The number of aliphatic hydroxyl groups excluding tert-OH is 1. The molecule has 3 atom stereocenters. The van der Waals surface area contributed by atoms with Crippen molar-refractivity contribution in [1.82, 2.24) is 10.6 Å². The molecule has 52 heavy (non-hydrogen) atoms. The van der Waals surface area contributed by atoms with Gasteiger partial charge in [0.05, 0.1) is 24.4 Å². The highest BCUT2D eigenvalue weighted by molar-refractivity contribution is 7.99. The van der Waals surface area contributed by atoms with Gasteiger partial charge in [0, 0.05) is 34.7 Å². The number of carboxylic acids is 1. The molecule has 2 amide bonds. The third-order valence-electron chi connectivity index (χ3n) is 11.4. The Bertz CT molecular complexity index is 1860. The summed E-state index contributed by atoms with van der Waals surface area (Å²) in [5.74, 6) is 2.07. The zero-order valence-electron chi connectivity index (χ0n) is 29.2. The van der Waals surface area contributed by atoms with Crippen LogP contribution in [0.4, 0.5) is 4.79 Å². The van der Waals surface area contributed by atoms with Crippen LogP contribution in [0.15, 0.2) is 102 Å². The van der Waals surface area contributed by atoms with E-state index in [9.17, 15) is 19.8 Å². The van der Waals surface area contributed by atoms with Crippen LogP contribution in [0.1, 0.15) is 90.0 Å². The summed E-state index contributed by atoms with van der Waals surface area (Å²) in [5, 5.41) is 25.4. The van der Waals surface area contributed by atoms with Crippen LogP contribution in [0.5, 0.6) is 0 Å². The van der Waals surface area contributed by atoms with Gasteiger partial charge in [-0.1, -0.05) is 60.7 Å². The van der Waals surface area contributed by atoms with E-state index < -0.39 is 12.3 Å². The summed E-state index contributed by atoms with van der Waals surface area (Å²) in [6.45, 7) is 0.437. The predicted molar refractivity (Wildman–Crippen MR) is 201 cm³/mol. The van der Waals surface area contributed by atoms with E-state index in [1.54, 1.807) is 23.9 Å². The fourth-order valence-corrected chi connectivity index (χ4v) is 10.3. The maximum atomic E-state index is 13.1. The summed E-state index contributed by atoms with van der Waals surface area (Å²) in [4.78, 5) is 25.4. The van der Waals surface area contributed by atoms with E-state index in [0.717, 1.165) is 75.3 Å². The van der Waals surface area contributed by atoms with Crippen molar-refractivity contribution in [1.29, 1.82) is 0 Å². The molecule has 4 N–H and O–H groups in total. The van der Waals surface area contributed by atoms with Crippen LogP contribution in [-0.4, -0.2) is 39.6 Å². The number of nitrogens with one attached hydrogen (secondary N) is 2. The number of amides is 2. The number of aliphatic hydroxyl groups is 1. The predicted octanol–water partition coefficient (Wildman–Crippen LogP) is 8.65. The number of thioether (sulfide) groups is 1. The van der Waals surface area contributed by atoms with Crippen molar-refractivity contribution in [2.45, 2.75) is 87.0 Å². The third-order valence-corrected chi connectivity index (χ3v) is 12.6. The molecule has 9 rings (SSSR count). The van der Waals surface area contributed by atoms with Crippen LogP contribution in [-0.2, 0) is 22.6 Å². The first kappa shape index (κ1) is 34.9. The third kappa shape index (κ3) is 7.93. The Balaban J connectivity index is 0.949. The number of ether oxygens (including phenoxy) is 2. The molecule has 0 spiro atoms. The first-order valence-corrected chi connectivity index (χ1v) is 19.5. The quantitative estimate of drug-likeness (QED) is 0.115. The highest BCUT2D eigenvalue weighted by atomic mass is 32.2. The van der Waals surface area contributed by atoms with Crippen molar-refractivity contribution in [3.05, 3.63) is 125 Å². The van der Waals surface area contributed by atoms with Gasteiger partial charge in [-0.05, 0) is 120 Å². The molecule has 5 aliphatic rings. The first-order chi connectivity index (χ1) is 25.3. The molecule has 4 saturated carbocycles. The minimum Gasteiger partial charge on any atom is -0.478 e. The summed E-state index contributed by atoms with van der Waals surface area (Å²) in [7, 11) is 0. The molecule has 4 aliphatic carbocycles. The van der Waals surface area contributed by atoms with E-state index >= 15 is 0 Å². The molecule has 5 fully saturated rings. The molecule has 0 radical (unpaired) electrons. The number of carboxylic acid groups (broad SMARTS) is 1. The molecule has 9 heteroatoms. The van der Waals surface area contributed by atoms with E-state index in [1.807, 2.05) is 54.6 Å². The maximum absolute atomic E-state index is 13.1. The average Bonchev–Trinajstić information content (AvgIpc) is 3.16. The van der Waals surface area contributed by atoms with Gasteiger partial charge < -0.3 is 30.3 Å². The monoisotopic (exact) mass is 718 g/mol. The molecule has 3 unspecified atom stereocenters. The first-order valence-electron chi connectivity index (χ1n) is 18.5. The lowest BCUT2D eigenvalue weighted by Crippen LogP contribution is -2.61. The minimum atomic E-state index is -0.942. The van der Waals surface area contributed by atoms with Gasteiger partial charge in [0.2, 0.25) is 0 Å². The molecule has 1 saturated heterocycles. The lowest BCUT2D eigenvalue weighted by molar-refractivity contribution is -0.245. The number of hydrogen-bond donors (Lipinski definition) is 4. The van der Waals surface area contributed by atoms with Crippen molar-refractivity contribution >= 4 is 23.8 Å². The van der Waals surface area contributed by atoms with Crippen molar-refractivity contribution in [3.8, 4) is 11.1 Å². The molecule has 4 aromatic carbocycles. The maximum Gasteiger partial charge on any atom is 0.335 e. The number of rotatable bonds is 11. The van der Waals surface area contributed by atoms with Gasteiger partial charge >= 0.3 is 12.0 Å². The lowest BCUT2D eigenvalue weighted by atomic mass is 9.53. The van der Waals surface area contributed by atoms with E-state index in [1.165, 1.54) is 19.3 Å². The SMILES string of the molecule is O=C(NCc1cccc(-c2cccc(C3OC(CSc4ccc(C(=O)O)cc4)CC(c4ccc(CO)cc4)O3)c2)c1)NC12CC3CC(CC(C3)C1)C2. The second kappa shape index (κ2) is 15.1. The summed E-state index contributed by atoms with van der Waals surface area (Å²) < 4.78 is 13.2. The molecular weight excluding hydrogens is 673 g/mol. The molecule has 4 bridgehead atoms. The summed E-state index contributed by atoms with van der Waals surface area (Å²) in [5.41, 5.74) is 6.14. The van der Waals surface area contributed by atoms with Crippen LogP contribution in [0.2, 0.25) is 0 Å². The Hall–Kier alpha value is -4.15. The fourth-order valence-electron chi connectivity index (χ4n) is 9.36. The highest BCUT2D eigenvalue weighted by Gasteiger charge is 2.51. The Morgan fingerprint density at radius 3 is 2.10 bits per heavy atom. The number of carbonyl (C=O) groups excluding carboxylic acids is 1. The molecule has 1 aliphatic heterocycles. The molecule has 1 heterocycles. The Morgan fingerprint density at radius 2 is 1.42 bits per heavy atom. The second-order valence-electron chi connectivity index (χ2n) is 15.3. The summed E-state index contributed by atoms with van der Waals surface area (Å²) >= 11 is 1.63. The fraction of sp³-hybridized carbons (Fsp3) is 0.395. The minimum absolute atomic E-state index is 0.0163. The second-order valence-corrected chi connectivity index (χ2v) is 16.4. The van der Waals surface area contributed by atoms with Gasteiger partial charge in [0.15, 0.2) is 6.29 Å². The van der Waals surface area contributed by atoms with E-state index in [0.29, 0.717) is 18.7 Å². The van der Waals surface area contributed by atoms with E-state index in [-0.39, 0.29) is 35.9 Å². The van der Waals surface area contributed by atoms with Gasteiger partial charge in [-0.25, -0.2) is 9.59 Å². The number of benzene rings is 4. The van der Waals surface area contributed by atoms with Gasteiger partial charge in [0.25, 0.3) is 0 Å². The largest absolute Gasteiger partial charge is 0.478 e. The van der Waals surface area contributed by atoms with Gasteiger partial charge in [-0.15, -0.1) is 11.8 Å². The summed E-state index contributed by atoms with van der Waals surface area (Å²) in [6.07, 6.45) is 7.14. The summed E-state index contributed by atoms with van der Waals surface area (Å²) in [6, 6.07) is 31.3. The Labute approximate surface area is 309 Å². The Morgan fingerprint density at radius 1 is 0.750 bits per heavy atom. The molecule has 270 valence electrons. The van der Waals surface area contributed by atoms with Crippen molar-refractivity contribution in [2.24, 2.45) is 17.8 Å². The van der Waals surface area contributed by atoms with Crippen molar-refractivity contribution < 1.29 is 29.3 Å². The molecule has 8 nitrogen and oxygen atoms in total. The highest BCUT2D eigenvalue weighted by Crippen LogP contribution is 2.55. The number of aromatic carboxylic acids is 1. The normalized spacial score (nSPS) is 27.6. The van der Waals surface area contributed by atoms with Crippen LogP contribution >= 0.6 is 11.8 Å². The zero-order valence-corrected chi connectivity index (χ0v) is 30.0. The van der Waals surface area contributed by atoms with Crippen molar-refractivity contribution in [3.63, 3.8) is 0 Å². The average molecular weight is 719 g/mol. The molecular formula is C43H46N2O6S. The van der Waals surface area contributed by atoms with Gasteiger partial charge in [-0.2, -0.15) is 0 Å². The number of hydrogen-bond acceptors (Lipinski definition) is 6. The van der Waals surface area contributed by atoms with Crippen LogP contribution in [0, 0.1) is 17.8 Å². The number of urea groups is 1. The topological polar surface area (TPSA) is 117 Å². The Kier molecular flexibility index (Phi) is 10.1. The molecule has 0 aromatic heterocycles. The molecule has 4 aromatic rings. The van der Waals surface area contributed by atoms with Gasteiger partial charge in [-0.3, -0.25) is 0 Å². The van der Waals surface area contributed by atoms with Crippen LogP contribution in [0.3, 0.4) is 0 Å². The zero-order chi connectivity index (χ0) is 35.7. The van der Waals surface area contributed by atoms with Crippen LogP contribution in [0.25, 0.3) is 11.1 Å². The smallest absolute Gasteiger partial charge is 0.335 e. The number of carbonyl (C=O) groups is 2. The van der Waals surface area contributed by atoms with E-state index in [2.05, 4.69) is 41.0 Å².